The summed E-state index contributed by atoms with van der Waals surface area (Å²) in [5.74, 6) is -0.869. The summed E-state index contributed by atoms with van der Waals surface area (Å²) in [4.78, 5) is 13.8. The first-order valence-electron chi connectivity index (χ1n) is 7.97. The number of ether oxygens (including phenoxy) is 1. The van der Waals surface area contributed by atoms with Crippen molar-refractivity contribution in [1.82, 2.24) is 4.90 Å². The third kappa shape index (κ3) is 3.57. The van der Waals surface area contributed by atoms with E-state index in [0.29, 0.717) is 39.3 Å². The number of carbonyl (C=O) groups is 1. The molecule has 2 aliphatic rings. The Labute approximate surface area is 138 Å². The average Bonchev–Trinajstić information content (AvgIpc) is 2.85. The molecule has 2 fully saturated rings. The molecule has 0 aliphatic carbocycles. The quantitative estimate of drug-likeness (QED) is 0.913. The van der Waals surface area contributed by atoms with Crippen molar-refractivity contribution < 1.29 is 27.8 Å². The second-order valence-corrected chi connectivity index (χ2v) is 6.76. The summed E-state index contributed by atoms with van der Waals surface area (Å²) in [6.07, 6.45) is -4.69. The van der Waals surface area contributed by atoms with Crippen LogP contribution in [0.1, 0.15) is 17.5 Å². The Kier molecular flexibility index (Phi) is 4.57. The Morgan fingerprint density at radius 1 is 1.38 bits per heavy atom. The number of fused-ring (bicyclic) bond motifs is 1. The van der Waals surface area contributed by atoms with E-state index < -0.39 is 24.0 Å². The number of alkyl halides is 3. The second kappa shape index (κ2) is 6.37. The van der Waals surface area contributed by atoms with Crippen LogP contribution in [-0.2, 0) is 22.5 Å². The molecule has 2 saturated heterocycles. The van der Waals surface area contributed by atoms with Gasteiger partial charge in [0.15, 0.2) is 0 Å². The van der Waals surface area contributed by atoms with Gasteiger partial charge in [0.1, 0.15) is 0 Å². The highest BCUT2D eigenvalue weighted by molar-refractivity contribution is 5.76. The third-order valence-corrected chi connectivity index (χ3v) is 5.01. The van der Waals surface area contributed by atoms with Crippen LogP contribution in [0.15, 0.2) is 24.3 Å². The van der Waals surface area contributed by atoms with E-state index in [2.05, 4.69) is 0 Å². The highest BCUT2D eigenvalue weighted by atomic mass is 19.4. The summed E-state index contributed by atoms with van der Waals surface area (Å²) in [5, 5.41) is 9.65. The molecule has 2 heterocycles. The summed E-state index contributed by atoms with van der Waals surface area (Å²) < 4.78 is 43.0. The number of halogens is 3. The zero-order chi connectivity index (χ0) is 17.4. The molecule has 4 nitrogen and oxygen atoms in total. The van der Waals surface area contributed by atoms with Gasteiger partial charge in [0, 0.05) is 32.2 Å². The van der Waals surface area contributed by atoms with Crippen molar-refractivity contribution in [2.45, 2.75) is 25.6 Å². The second-order valence-electron chi connectivity index (χ2n) is 6.76. The number of aliphatic carboxylic acids is 1. The standard InChI is InChI=1S/C17H20F3NO3/c18-17(19,20)7-12-2-1-3-13(6-12)8-21-9-14-10-24-5-4-16(14,11-21)15(22)23/h1-3,6,14H,4-5,7-11H2,(H,22,23)/t14-,16+/m1/s1. The van der Waals surface area contributed by atoms with Gasteiger partial charge in [-0.1, -0.05) is 24.3 Å². The predicted octanol–water partition coefficient (Wildman–Crippen LogP) is 2.71. The van der Waals surface area contributed by atoms with Crippen LogP contribution in [0.5, 0.6) is 0 Å². The Hall–Kier alpha value is -1.60. The van der Waals surface area contributed by atoms with Crippen molar-refractivity contribution in [1.29, 1.82) is 0 Å². The molecule has 1 aromatic rings. The highest BCUT2D eigenvalue weighted by Gasteiger charge is 2.53. The minimum Gasteiger partial charge on any atom is -0.481 e. The average molecular weight is 343 g/mol. The molecule has 0 bridgehead atoms. The number of benzene rings is 1. The van der Waals surface area contributed by atoms with Crippen LogP contribution < -0.4 is 0 Å². The number of hydrogen-bond donors (Lipinski definition) is 1. The van der Waals surface area contributed by atoms with Crippen LogP contribution in [0.25, 0.3) is 0 Å². The largest absolute Gasteiger partial charge is 0.481 e. The molecule has 7 heteroatoms. The number of rotatable bonds is 4. The van der Waals surface area contributed by atoms with Crippen molar-refractivity contribution in [2.24, 2.45) is 11.3 Å². The first-order valence-corrected chi connectivity index (χ1v) is 7.97. The Balaban J connectivity index is 1.71. The summed E-state index contributed by atoms with van der Waals surface area (Å²) >= 11 is 0. The Morgan fingerprint density at radius 3 is 2.79 bits per heavy atom. The van der Waals surface area contributed by atoms with E-state index in [0.717, 1.165) is 5.56 Å². The molecule has 1 aromatic carbocycles. The zero-order valence-electron chi connectivity index (χ0n) is 13.2. The van der Waals surface area contributed by atoms with Gasteiger partial charge in [-0.2, -0.15) is 13.2 Å². The van der Waals surface area contributed by atoms with Crippen molar-refractivity contribution in [2.75, 3.05) is 26.3 Å². The molecule has 132 valence electrons. The highest BCUT2D eigenvalue weighted by Crippen LogP contribution is 2.42. The van der Waals surface area contributed by atoms with E-state index in [-0.39, 0.29) is 11.5 Å². The lowest BCUT2D eigenvalue weighted by Gasteiger charge is -2.34. The molecule has 0 radical (unpaired) electrons. The maximum absolute atomic E-state index is 12.5. The maximum atomic E-state index is 12.5. The fourth-order valence-electron chi connectivity index (χ4n) is 3.85. The Morgan fingerprint density at radius 2 is 2.12 bits per heavy atom. The summed E-state index contributed by atoms with van der Waals surface area (Å²) in [5.41, 5.74) is 0.215. The monoisotopic (exact) mass is 343 g/mol. The molecule has 1 N–H and O–H groups in total. The van der Waals surface area contributed by atoms with Gasteiger partial charge in [-0.25, -0.2) is 0 Å². The molecule has 0 unspecified atom stereocenters. The van der Waals surface area contributed by atoms with Gasteiger partial charge in [-0.15, -0.1) is 0 Å². The van der Waals surface area contributed by atoms with Crippen LogP contribution in [-0.4, -0.2) is 48.5 Å². The van der Waals surface area contributed by atoms with E-state index in [1.54, 1.807) is 18.2 Å². The molecular weight excluding hydrogens is 323 g/mol. The molecule has 2 aliphatic heterocycles. The molecule has 2 atom stereocenters. The van der Waals surface area contributed by atoms with Gasteiger partial charge in [0.05, 0.1) is 18.4 Å². The van der Waals surface area contributed by atoms with Gasteiger partial charge in [0.25, 0.3) is 0 Å². The van der Waals surface area contributed by atoms with Gasteiger partial charge in [-0.3, -0.25) is 9.69 Å². The molecule has 24 heavy (non-hydrogen) atoms. The van der Waals surface area contributed by atoms with Crippen LogP contribution in [0.2, 0.25) is 0 Å². The number of nitrogens with zero attached hydrogens (tertiary/aromatic N) is 1. The minimum atomic E-state index is -4.23. The van der Waals surface area contributed by atoms with Crippen molar-refractivity contribution in [3.8, 4) is 0 Å². The Bertz CT molecular complexity index is 619. The lowest BCUT2D eigenvalue weighted by molar-refractivity contribution is -0.157. The fraction of sp³-hybridized carbons (Fsp3) is 0.588. The maximum Gasteiger partial charge on any atom is 0.393 e. The molecule has 3 rings (SSSR count). The van der Waals surface area contributed by atoms with Crippen LogP contribution in [0.3, 0.4) is 0 Å². The normalized spacial score (nSPS) is 27.9. The first-order chi connectivity index (χ1) is 11.3. The van der Waals surface area contributed by atoms with Gasteiger partial charge >= 0.3 is 12.1 Å². The van der Waals surface area contributed by atoms with Crippen LogP contribution in [0, 0.1) is 11.3 Å². The van der Waals surface area contributed by atoms with E-state index in [9.17, 15) is 23.1 Å². The van der Waals surface area contributed by atoms with Gasteiger partial charge < -0.3 is 9.84 Å². The number of likely N-dealkylation sites (tertiary alicyclic amines) is 1. The van der Waals surface area contributed by atoms with E-state index in [1.807, 2.05) is 4.90 Å². The van der Waals surface area contributed by atoms with Crippen molar-refractivity contribution in [3.63, 3.8) is 0 Å². The molecule has 0 amide bonds. The summed E-state index contributed by atoms with van der Waals surface area (Å²) in [7, 11) is 0. The first kappa shape index (κ1) is 17.2. The smallest absolute Gasteiger partial charge is 0.393 e. The van der Waals surface area contributed by atoms with Crippen molar-refractivity contribution in [3.05, 3.63) is 35.4 Å². The number of carboxylic acid groups (broad SMARTS) is 1. The SMILES string of the molecule is O=C(O)[C@]12CCOC[C@H]1CN(Cc1cccc(CC(F)(F)F)c1)C2. The minimum absolute atomic E-state index is 0.0675. The third-order valence-electron chi connectivity index (χ3n) is 5.01. The number of hydrogen-bond acceptors (Lipinski definition) is 3. The topological polar surface area (TPSA) is 49.8 Å². The molecule has 0 aromatic heterocycles. The molecular formula is C17H20F3NO3. The van der Waals surface area contributed by atoms with Crippen molar-refractivity contribution >= 4 is 5.97 Å². The van der Waals surface area contributed by atoms with E-state index >= 15 is 0 Å². The predicted molar refractivity (Wildman–Crippen MR) is 80.5 cm³/mol. The lowest BCUT2D eigenvalue weighted by atomic mass is 9.74. The van der Waals surface area contributed by atoms with Gasteiger partial charge in [0.2, 0.25) is 0 Å². The summed E-state index contributed by atoms with van der Waals surface area (Å²) in [6, 6.07) is 6.42. The number of carboxylic acids is 1. The fourth-order valence-corrected chi connectivity index (χ4v) is 3.85. The van der Waals surface area contributed by atoms with Crippen LogP contribution in [0.4, 0.5) is 13.2 Å². The van der Waals surface area contributed by atoms with E-state index in [1.165, 1.54) is 6.07 Å². The molecule has 0 spiro atoms. The summed E-state index contributed by atoms with van der Waals surface area (Å²) in [6.45, 7) is 2.33. The van der Waals surface area contributed by atoms with E-state index in [4.69, 9.17) is 4.74 Å². The van der Waals surface area contributed by atoms with Crippen LogP contribution >= 0.6 is 0 Å². The lowest BCUT2D eigenvalue weighted by Crippen LogP contribution is -2.44. The molecule has 0 saturated carbocycles. The van der Waals surface area contributed by atoms with Gasteiger partial charge in [-0.05, 0) is 17.5 Å². The zero-order valence-corrected chi connectivity index (χ0v) is 13.2.